The number of amides is 2. The molecule has 0 saturated heterocycles. The van der Waals surface area contributed by atoms with Gasteiger partial charge in [-0.2, -0.15) is 0 Å². The van der Waals surface area contributed by atoms with Gasteiger partial charge in [0.15, 0.2) is 0 Å². The molecular weight excluding hydrogens is 396 g/mol. The van der Waals surface area contributed by atoms with Gasteiger partial charge in [-0.25, -0.2) is 14.8 Å². The van der Waals surface area contributed by atoms with Crippen molar-refractivity contribution in [1.82, 2.24) is 15.3 Å². The lowest BCUT2D eigenvalue weighted by molar-refractivity contribution is -0.152. The van der Waals surface area contributed by atoms with Crippen LogP contribution in [0.2, 0.25) is 0 Å². The number of aromatic nitrogens is 2. The highest BCUT2D eigenvalue weighted by atomic mass is 16.5. The van der Waals surface area contributed by atoms with Gasteiger partial charge in [0.05, 0.1) is 12.5 Å². The molecule has 31 heavy (non-hydrogen) atoms. The molecule has 8 heteroatoms. The van der Waals surface area contributed by atoms with E-state index in [-0.39, 0.29) is 30.7 Å². The fraction of sp³-hybridized carbons (Fsp3) is 0.478. The normalized spacial score (nSPS) is 14.5. The molecule has 2 N–H and O–H groups in total. The van der Waals surface area contributed by atoms with Gasteiger partial charge in [-0.15, -0.1) is 0 Å². The third-order valence-corrected chi connectivity index (χ3v) is 5.34. The number of carbonyl (C=O) groups excluding carboxylic acids is 2. The molecule has 1 aromatic carbocycles. The van der Waals surface area contributed by atoms with Crippen LogP contribution in [0, 0.1) is 5.41 Å². The molecular formula is C23H30N4O4. The Kier molecular flexibility index (Phi) is 7.44. The first-order valence-electron chi connectivity index (χ1n) is 10.6. The van der Waals surface area contributed by atoms with E-state index in [0.717, 1.165) is 29.7 Å². The summed E-state index contributed by atoms with van der Waals surface area (Å²) in [6.07, 6.45) is 9.02. The number of benzene rings is 1. The zero-order valence-corrected chi connectivity index (χ0v) is 18.3. The maximum atomic E-state index is 12.2. The molecule has 1 saturated carbocycles. The summed E-state index contributed by atoms with van der Waals surface area (Å²) in [4.78, 5) is 32.3. The van der Waals surface area contributed by atoms with Crippen molar-refractivity contribution in [2.75, 3.05) is 19.0 Å². The highest BCUT2D eigenvalue weighted by Crippen LogP contribution is 2.23. The number of esters is 1. The molecule has 0 spiro atoms. The lowest BCUT2D eigenvalue weighted by atomic mass is 9.95. The summed E-state index contributed by atoms with van der Waals surface area (Å²) < 4.78 is 10.3. The van der Waals surface area contributed by atoms with Crippen LogP contribution in [0.25, 0.3) is 11.1 Å². The van der Waals surface area contributed by atoms with Crippen molar-refractivity contribution in [3.63, 3.8) is 0 Å². The quantitative estimate of drug-likeness (QED) is 0.644. The molecule has 0 bridgehead atoms. The Morgan fingerprint density at radius 3 is 2.29 bits per heavy atom. The first-order valence-corrected chi connectivity index (χ1v) is 10.6. The second-order valence-electron chi connectivity index (χ2n) is 8.43. The van der Waals surface area contributed by atoms with Gasteiger partial charge >= 0.3 is 18.0 Å². The Hall–Kier alpha value is -3.16. The third kappa shape index (κ3) is 6.41. The highest BCUT2D eigenvalue weighted by Gasteiger charge is 2.30. The fourth-order valence-electron chi connectivity index (χ4n) is 3.47. The van der Waals surface area contributed by atoms with E-state index in [4.69, 9.17) is 9.47 Å². The summed E-state index contributed by atoms with van der Waals surface area (Å²) in [5.41, 5.74) is 1.67. The van der Waals surface area contributed by atoms with Crippen molar-refractivity contribution < 1.29 is 19.1 Å². The molecule has 1 aliphatic carbocycles. The zero-order chi connectivity index (χ0) is 22.3. The fourth-order valence-corrected chi connectivity index (χ4v) is 3.47. The molecule has 166 valence electrons. The van der Waals surface area contributed by atoms with Crippen LogP contribution in [0.3, 0.4) is 0 Å². The van der Waals surface area contributed by atoms with Gasteiger partial charge in [0.1, 0.15) is 6.61 Å². The topological polar surface area (TPSA) is 102 Å². The molecule has 1 aliphatic rings. The van der Waals surface area contributed by atoms with Crippen molar-refractivity contribution in [1.29, 1.82) is 0 Å². The third-order valence-electron chi connectivity index (χ3n) is 5.34. The summed E-state index contributed by atoms with van der Waals surface area (Å²) in [5.74, 6) is -0.356. The minimum Gasteiger partial charge on any atom is -0.469 e. The lowest BCUT2D eigenvalue weighted by Gasteiger charge is -2.22. The predicted octanol–water partition coefficient (Wildman–Crippen LogP) is 4.18. The number of rotatable bonds is 7. The highest BCUT2D eigenvalue weighted by molar-refractivity contribution is 5.89. The van der Waals surface area contributed by atoms with Crippen LogP contribution in [0.15, 0.2) is 36.7 Å². The minimum absolute atomic E-state index is 0.113. The van der Waals surface area contributed by atoms with Gasteiger partial charge in [0.2, 0.25) is 0 Å². The van der Waals surface area contributed by atoms with Crippen LogP contribution in [0.5, 0.6) is 6.01 Å². The average molecular weight is 427 g/mol. The standard InChI is InChI=1S/C23H30N4O4/c1-23(2,20(28)30-3)15-31-22-24-13-17(14-25-22)16-9-11-19(12-10-16)27-21(29)26-18-7-5-4-6-8-18/h9-14,18H,4-8,15H2,1-3H3,(H2,26,27,29). The number of hydrogen-bond acceptors (Lipinski definition) is 6. The van der Waals surface area contributed by atoms with E-state index in [1.54, 1.807) is 26.2 Å². The van der Waals surface area contributed by atoms with Gasteiger partial charge in [-0.05, 0) is 44.4 Å². The average Bonchev–Trinajstić information content (AvgIpc) is 2.78. The first kappa shape index (κ1) is 22.5. The largest absolute Gasteiger partial charge is 0.469 e. The summed E-state index contributed by atoms with van der Waals surface area (Å²) in [7, 11) is 1.35. The molecule has 8 nitrogen and oxygen atoms in total. The first-order chi connectivity index (χ1) is 14.9. The molecule has 1 heterocycles. The van der Waals surface area contributed by atoms with Crippen molar-refractivity contribution in [3.05, 3.63) is 36.7 Å². The van der Waals surface area contributed by atoms with Crippen LogP contribution in [-0.2, 0) is 9.53 Å². The van der Waals surface area contributed by atoms with Gasteiger partial charge in [-0.3, -0.25) is 4.79 Å². The Balaban J connectivity index is 1.53. The molecule has 2 amide bonds. The summed E-state index contributed by atoms with van der Waals surface area (Å²) >= 11 is 0. The minimum atomic E-state index is -0.789. The van der Waals surface area contributed by atoms with Crippen molar-refractivity contribution in [2.24, 2.45) is 5.41 Å². The maximum Gasteiger partial charge on any atom is 0.319 e. The number of nitrogens with zero attached hydrogens (tertiary/aromatic N) is 2. The van der Waals surface area contributed by atoms with Crippen LogP contribution in [0.4, 0.5) is 10.5 Å². The molecule has 0 unspecified atom stereocenters. The zero-order valence-electron chi connectivity index (χ0n) is 18.3. The van der Waals surface area contributed by atoms with E-state index in [2.05, 4.69) is 20.6 Å². The van der Waals surface area contributed by atoms with E-state index in [1.807, 2.05) is 24.3 Å². The maximum absolute atomic E-state index is 12.2. The number of hydrogen-bond donors (Lipinski definition) is 2. The van der Waals surface area contributed by atoms with Gasteiger partial charge < -0.3 is 20.1 Å². The summed E-state index contributed by atoms with van der Waals surface area (Å²) in [5, 5.41) is 5.92. The Bertz CT molecular complexity index is 875. The molecule has 2 aromatic rings. The predicted molar refractivity (Wildman–Crippen MR) is 118 cm³/mol. The summed E-state index contributed by atoms with van der Waals surface area (Å²) in [6.45, 7) is 3.58. The number of urea groups is 1. The molecule has 1 fully saturated rings. The molecule has 0 aliphatic heterocycles. The molecule has 0 atom stereocenters. The molecule has 0 radical (unpaired) electrons. The molecule has 1 aromatic heterocycles. The monoisotopic (exact) mass is 426 g/mol. The van der Waals surface area contributed by atoms with Crippen molar-refractivity contribution >= 4 is 17.7 Å². The van der Waals surface area contributed by atoms with Crippen LogP contribution >= 0.6 is 0 Å². The number of carbonyl (C=O) groups is 2. The van der Waals surface area contributed by atoms with Gasteiger partial charge in [0.25, 0.3) is 0 Å². The van der Waals surface area contributed by atoms with E-state index in [0.29, 0.717) is 0 Å². The smallest absolute Gasteiger partial charge is 0.319 e. The van der Waals surface area contributed by atoms with Crippen molar-refractivity contribution in [3.8, 4) is 17.1 Å². The van der Waals surface area contributed by atoms with Crippen LogP contribution < -0.4 is 15.4 Å². The molecule has 3 rings (SSSR count). The second kappa shape index (κ2) is 10.2. The summed E-state index contributed by atoms with van der Waals surface area (Å²) in [6, 6.07) is 7.78. The number of methoxy groups -OCH3 is 1. The van der Waals surface area contributed by atoms with Gasteiger partial charge in [-0.1, -0.05) is 31.4 Å². The van der Waals surface area contributed by atoms with E-state index < -0.39 is 5.41 Å². The number of anilines is 1. The lowest BCUT2D eigenvalue weighted by Crippen LogP contribution is -2.38. The van der Waals surface area contributed by atoms with Gasteiger partial charge in [0, 0.05) is 29.7 Å². The Labute approximate surface area is 182 Å². The van der Waals surface area contributed by atoms with Crippen LogP contribution in [-0.4, -0.2) is 41.7 Å². The second-order valence-corrected chi connectivity index (χ2v) is 8.43. The van der Waals surface area contributed by atoms with Crippen LogP contribution in [0.1, 0.15) is 46.0 Å². The number of ether oxygens (including phenoxy) is 2. The Morgan fingerprint density at radius 1 is 1.03 bits per heavy atom. The van der Waals surface area contributed by atoms with E-state index in [9.17, 15) is 9.59 Å². The SMILES string of the molecule is COC(=O)C(C)(C)COc1ncc(-c2ccc(NC(=O)NC3CCCCC3)cc2)cn1. The van der Waals surface area contributed by atoms with E-state index in [1.165, 1.54) is 26.4 Å². The number of nitrogens with one attached hydrogen (secondary N) is 2. The Morgan fingerprint density at radius 2 is 1.68 bits per heavy atom. The van der Waals surface area contributed by atoms with E-state index >= 15 is 0 Å². The van der Waals surface area contributed by atoms with Crippen molar-refractivity contribution in [2.45, 2.75) is 52.0 Å².